The molecule has 1 aliphatic rings. The number of carbonyl (C=O) groups is 3. The lowest BCUT2D eigenvalue weighted by molar-refractivity contribution is -0.140. The highest BCUT2D eigenvalue weighted by Crippen LogP contribution is 2.41. The monoisotopic (exact) mass is 545 g/mol. The van der Waals surface area contributed by atoms with E-state index in [9.17, 15) is 28.3 Å². The molecule has 0 bridgehead atoms. The molecule has 11 heteroatoms. The molecular formula is C27H29F2N3O5S. The second-order valence-electron chi connectivity index (χ2n) is 9.10. The van der Waals surface area contributed by atoms with E-state index < -0.39 is 46.6 Å². The van der Waals surface area contributed by atoms with Crippen molar-refractivity contribution in [2.75, 3.05) is 19.0 Å². The Hall–Kier alpha value is -3.62. The highest BCUT2D eigenvalue weighted by atomic mass is 32.2. The molecule has 3 amide bonds. The maximum Gasteiger partial charge on any atom is 0.408 e. The summed E-state index contributed by atoms with van der Waals surface area (Å²) in [4.78, 5) is 38.1. The van der Waals surface area contributed by atoms with E-state index in [-0.39, 0.29) is 37.4 Å². The predicted molar refractivity (Wildman–Crippen MR) is 139 cm³/mol. The van der Waals surface area contributed by atoms with E-state index in [1.165, 1.54) is 22.7 Å². The Kier molecular flexibility index (Phi) is 10.1. The van der Waals surface area contributed by atoms with Crippen molar-refractivity contribution >= 4 is 30.2 Å². The number of amides is 3. The third-order valence-corrected chi connectivity index (χ3v) is 7.62. The molecule has 202 valence electrons. The molecule has 0 saturated carbocycles. The smallest absolute Gasteiger partial charge is 0.408 e. The van der Waals surface area contributed by atoms with E-state index in [1.807, 2.05) is 13.0 Å². The summed E-state index contributed by atoms with van der Waals surface area (Å²) < 4.78 is 33.0. The summed E-state index contributed by atoms with van der Waals surface area (Å²) in [6.07, 6.45) is 3.30. The van der Waals surface area contributed by atoms with Crippen LogP contribution >= 0.6 is 11.8 Å². The molecule has 1 aliphatic heterocycles. The van der Waals surface area contributed by atoms with Gasteiger partial charge in [-0.2, -0.15) is 0 Å². The Labute approximate surface area is 224 Å². The lowest BCUT2D eigenvalue weighted by atomic mass is 9.93. The van der Waals surface area contributed by atoms with Crippen molar-refractivity contribution < 1.29 is 33.0 Å². The molecule has 2 unspecified atom stereocenters. The van der Waals surface area contributed by atoms with Crippen LogP contribution in [-0.4, -0.2) is 64.3 Å². The molecule has 2 aromatic rings. The van der Waals surface area contributed by atoms with Crippen molar-refractivity contribution in [3.05, 3.63) is 71.3 Å². The SMILES string of the molecule is C#CCOC(=O)N[C@@H](Cc1ccccc1)[C@H](O)C(=O)N1CSC(C)(CC(NC=O)c2c(F)cccc2F)C1. The molecule has 4 atom stereocenters. The summed E-state index contributed by atoms with van der Waals surface area (Å²) in [7, 11) is 0. The molecular weight excluding hydrogens is 516 g/mol. The number of nitrogens with one attached hydrogen (secondary N) is 2. The van der Waals surface area contributed by atoms with Crippen LogP contribution in [-0.2, 0) is 20.7 Å². The second kappa shape index (κ2) is 13.3. The first-order valence-corrected chi connectivity index (χ1v) is 12.8. The third-order valence-electron chi connectivity index (χ3n) is 6.18. The number of ether oxygens (including phenoxy) is 1. The number of hydrogen-bond acceptors (Lipinski definition) is 6. The van der Waals surface area contributed by atoms with E-state index in [1.54, 1.807) is 24.3 Å². The van der Waals surface area contributed by atoms with Gasteiger partial charge in [-0.3, -0.25) is 9.59 Å². The number of alkyl carbamates (subject to hydrolysis) is 1. The topological polar surface area (TPSA) is 108 Å². The van der Waals surface area contributed by atoms with E-state index in [2.05, 4.69) is 16.6 Å². The number of nitrogens with zero attached hydrogens (tertiary/aromatic N) is 1. The number of thioether (sulfide) groups is 1. The van der Waals surface area contributed by atoms with Crippen molar-refractivity contribution in [1.29, 1.82) is 0 Å². The average Bonchev–Trinajstić information content (AvgIpc) is 3.28. The van der Waals surface area contributed by atoms with Crippen LogP contribution < -0.4 is 10.6 Å². The zero-order valence-corrected chi connectivity index (χ0v) is 21.5. The zero-order valence-electron chi connectivity index (χ0n) is 20.7. The molecule has 8 nitrogen and oxygen atoms in total. The Morgan fingerprint density at radius 3 is 2.55 bits per heavy atom. The second-order valence-corrected chi connectivity index (χ2v) is 10.6. The molecule has 1 fully saturated rings. The molecule has 3 rings (SSSR count). The zero-order chi connectivity index (χ0) is 27.7. The third kappa shape index (κ3) is 7.46. The van der Waals surface area contributed by atoms with Crippen LogP contribution in [0.3, 0.4) is 0 Å². The fraction of sp³-hybridized carbons (Fsp3) is 0.370. The first kappa shape index (κ1) is 28.9. The molecule has 0 aliphatic carbocycles. The fourth-order valence-corrected chi connectivity index (χ4v) is 5.58. The normalized spacial score (nSPS) is 19.1. The summed E-state index contributed by atoms with van der Waals surface area (Å²) in [6, 6.07) is 10.5. The summed E-state index contributed by atoms with van der Waals surface area (Å²) in [5.74, 6) is 0.166. The summed E-state index contributed by atoms with van der Waals surface area (Å²) in [5.41, 5.74) is 0.515. The van der Waals surface area contributed by atoms with Gasteiger partial charge in [-0.15, -0.1) is 18.2 Å². The van der Waals surface area contributed by atoms with E-state index in [0.717, 1.165) is 17.7 Å². The average molecular weight is 546 g/mol. The molecule has 3 N–H and O–H groups in total. The molecule has 38 heavy (non-hydrogen) atoms. The summed E-state index contributed by atoms with van der Waals surface area (Å²) in [5, 5.41) is 16.0. The van der Waals surface area contributed by atoms with Gasteiger partial charge in [0.05, 0.1) is 18.0 Å². The largest absolute Gasteiger partial charge is 0.436 e. The van der Waals surface area contributed by atoms with Gasteiger partial charge in [0.2, 0.25) is 6.41 Å². The minimum Gasteiger partial charge on any atom is -0.436 e. The van der Waals surface area contributed by atoms with E-state index in [0.29, 0.717) is 6.41 Å². The minimum atomic E-state index is -1.61. The standard InChI is InChI=1S/C27H29F2N3O5S/c1-3-12-37-26(36)31-21(13-18-8-5-4-6-9-18)24(34)25(35)32-15-27(2,38-17-32)14-22(30-16-33)23-19(28)10-7-11-20(23)29/h1,4-11,16,21-22,24,34H,12-15,17H2,2H3,(H,30,33)(H,31,36)/t21-,22?,24-,27?/m0/s1. The molecule has 1 saturated heterocycles. The number of aliphatic hydroxyl groups is 1. The maximum absolute atomic E-state index is 14.4. The minimum absolute atomic E-state index is 0.123. The maximum atomic E-state index is 14.4. The molecule has 1 heterocycles. The van der Waals surface area contributed by atoms with Crippen LogP contribution in [0.4, 0.5) is 13.6 Å². The van der Waals surface area contributed by atoms with Crippen LogP contribution in [0.25, 0.3) is 0 Å². The van der Waals surface area contributed by atoms with Crippen LogP contribution in [0, 0.1) is 24.0 Å². The number of benzene rings is 2. The van der Waals surface area contributed by atoms with Crippen LogP contribution in [0.15, 0.2) is 48.5 Å². The Balaban J connectivity index is 1.73. The number of carbonyl (C=O) groups excluding carboxylic acids is 3. The van der Waals surface area contributed by atoms with Crippen LogP contribution in [0.1, 0.15) is 30.5 Å². The van der Waals surface area contributed by atoms with Gasteiger partial charge < -0.3 is 25.4 Å². The number of terminal acetylenes is 1. The summed E-state index contributed by atoms with van der Waals surface area (Å²) in [6.45, 7) is 1.68. The predicted octanol–water partition coefficient (Wildman–Crippen LogP) is 2.77. The van der Waals surface area contributed by atoms with Gasteiger partial charge in [0.1, 0.15) is 11.6 Å². The van der Waals surface area contributed by atoms with Gasteiger partial charge in [-0.05, 0) is 37.5 Å². The Bertz CT molecular complexity index is 1160. The van der Waals surface area contributed by atoms with E-state index in [4.69, 9.17) is 11.2 Å². The lowest BCUT2D eigenvalue weighted by Gasteiger charge is -2.30. The van der Waals surface area contributed by atoms with Gasteiger partial charge in [-0.1, -0.05) is 42.3 Å². The molecule has 0 radical (unpaired) electrons. The van der Waals surface area contributed by atoms with Crippen molar-refractivity contribution in [3.63, 3.8) is 0 Å². The van der Waals surface area contributed by atoms with Gasteiger partial charge in [-0.25, -0.2) is 13.6 Å². The number of rotatable bonds is 11. The van der Waals surface area contributed by atoms with Crippen LogP contribution in [0.2, 0.25) is 0 Å². The highest BCUT2D eigenvalue weighted by molar-refractivity contribution is 8.00. The molecule has 0 aromatic heterocycles. The number of halogens is 2. The van der Waals surface area contributed by atoms with Crippen LogP contribution in [0.5, 0.6) is 0 Å². The van der Waals surface area contributed by atoms with Crippen molar-refractivity contribution in [2.45, 2.75) is 42.7 Å². The molecule has 0 spiro atoms. The quantitative estimate of drug-likeness (QED) is 0.296. The van der Waals surface area contributed by atoms with Gasteiger partial charge in [0.15, 0.2) is 12.7 Å². The van der Waals surface area contributed by atoms with Gasteiger partial charge >= 0.3 is 6.09 Å². The van der Waals surface area contributed by atoms with Gasteiger partial charge in [0, 0.05) is 16.9 Å². The van der Waals surface area contributed by atoms with E-state index >= 15 is 0 Å². The Morgan fingerprint density at radius 2 is 1.92 bits per heavy atom. The fourth-order valence-electron chi connectivity index (χ4n) is 4.36. The first-order valence-electron chi connectivity index (χ1n) is 11.8. The Morgan fingerprint density at radius 1 is 1.24 bits per heavy atom. The number of hydrogen-bond donors (Lipinski definition) is 3. The van der Waals surface area contributed by atoms with Crippen molar-refractivity contribution in [1.82, 2.24) is 15.5 Å². The van der Waals surface area contributed by atoms with Crippen molar-refractivity contribution in [2.24, 2.45) is 0 Å². The first-order chi connectivity index (χ1) is 18.2. The lowest BCUT2D eigenvalue weighted by Crippen LogP contribution is -2.53. The van der Waals surface area contributed by atoms with Gasteiger partial charge in [0.25, 0.3) is 5.91 Å². The van der Waals surface area contributed by atoms with Crippen molar-refractivity contribution in [3.8, 4) is 12.3 Å². The highest BCUT2D eigenvalue weighted by Gasteiger charge is 2.42. The summed E-state index contributed by atoms with van der Waals surface area (Å²) >= 11 is 1.36. The molecule has 2 aromatic carbocycles. The number of aliphatic hydroxyl groups excluding tert-OH is 1.